The van der Waals surface area contributed by atoms with Crippen molar-refractivity contribution < 1.29 is 13.2 Å². The molecule has 0 aliphatic rings. The van der Waals surface area contributed by atoms with Gasteiger partial charge in [0.05, 0.1) is 0 Å². The van der Waals surface area contributed by atoms with Crippen LogP contribution in [0.15, 0.2) is 24.3 Å². The number of hydrogen-bond donors (Lipinski definition) is 0. The Morgan fingerprint density at radius 3 is 2.50 bits per heavy atom. The highest BCUT2D eigenvalue weighted by atomic mass is 35.5. The van der Waals surface area contributed by atoms with Gasteiger partial charge in [-0.2, -0.15) is 0 Å². The first-order valence-electron chi connectivity index (χ1n) is 4.85. The van der Waals surface area contributed by atoms with Crippen LogP contribution in [-0.2, 0) is 9.84 Å². The van der Waals surface area contributed by atoms with Crippen molar-refractivity contribution >= 4 is 27.2 Å². The Morgan fingerprint density at radius 1 is 1.44 bits per heavy atom. The van der Waals surface area contributed by atoms with Gasteiger partial charge in [0.1, 0.15) is 5.25 Å². The molecule has 16 heavy (non-hydrogen) atoms. The molecule has 0 radical (unpaired) electrons. The van der Waals surface area contributed by atoms with Gasteiger partial charge in [-0.25, -0.2) is 8.42 Å². The van der Waals surface area contributed by atoms with Crippen molar-refractivity contribution in [2.45, 2.75) is 18.6 Å². The lowest BCUT2D eigenvalue weighted by molar-refractivity contribution is 0.0985. The number of ketones is 1. The molecular weight excluding hydrogens is 248 g/mol. The fraction of sp³-hybridized carbons (Fsp3) is 0.364. The molecule has 0 fully saturated rings. The number of sulfone groups is 1. The zero-order valence-electron chi connectivity index (χ0n) is 9.10. The molecule has 0 bridgehead atoms. The standard InChI is InChI=1S/C11H13ClO3S/c1-3-10(16(2,14)15)11(13)8-5-4-6-9(12)7-8/h4-7,10H,3H2,1-2H3/t10-/m0/s1. The van der Waals surface area contributed by atoms with E-state index in [0.717, 1.165) is 6.26 Å². The number of hydrogen-bond acceptors (Lipinski definition) is 3. The fourth-order valence-corrected chi connectivity index (χ4v) is 2.83. The Balaban J connectivity index is 3.11. The molecule has 0 heterocycles. The monoisotopic (exact) mass is 260 g/mol. The van der Waals surface area contributed by atoms with Crippen LogP contribution < -0.4 is 0 Å². The van der Waals surface area contributed by atoms with Gasteiger partial charge in [-0.15, -0.1) is 0 Å². The van der Waals surface area contributed by atoms with Crippen molar-refractivity contribution in [1.82, 2.24) is 0 Å². The minimum atomic E-state index is -3.37. The maximum atomic E-state index is 11.9. The van der Waals surface area contributed by atoms with Crippen molar-refractivity contribution in [2.75, 3.05) is 6.26 Å². The predicted octanol–water partition coefficient (Wildman–Crippen LogP) is 2.35. The van der Waals surface area contributed by atoms with E-state index in [0.29, 0.717) is 10.6 Å². The number of halogens is 1. The summed E-state index contributed by atoms with van der Waals surface area (Å²) in [6, 6.07) is 6.32. The van der Waals surface area contributed by atoms with Gasteiger partial charge in [-0.3, -0.25) is 4.79 Å². The summed E-state index contributed by atoms with van der Waals surface area (Å²) in [5, 5.41) is -0.555. The molecule has 0 unspecified atom stereocenters. The van der Waals surface area contributed by atoms with Gasteiger partial charge >= 0.3 is 0 Å². The lowest BCUT2D eigenvalue weighted by atomic mass is 10.1. The van der Waals surface area contributed by atoms with E-state index in [1.54, 1.807) is 25.1 Å². The maximum Gasteiger partial charge on any atom is 0.180 e. The van der Waals surface area contributed by atoms with Crippen LogP contribution in [0.3, 0.4) is 0 Å². The maximum absolute atomic E-state index is 11.9. The van der Waals surface area contributed by atoms with Gasteiger partial charge in [0.25, 0.3) is 0 Å². The molecule has 0 aromatic heterocycles. The van der Waals surface area contributed by atoms with E-state index in [-0.39, 0.29) is 6.42 Å². The smallest absolute Gasteiger partial charge is 0.180 e. The van der Waals surface area contributed by atoms with Crippen LogP contribution in [0.2, 0.25) is 5.02 Å². The van der Waals surface area contributed by atoms with Crippen molar-refractivity contribution in [1.29, 1.82) is 0 Å². The highest BCUT2D eigenvalue weighted by Crippen LogP contribution is 2.16. The molecule has 5 heteroatoms. The third-order valence-corrected chi connectivity index (χ3v) is 4.11. The van der Waals surface area contributed by atoms with E-state index in [1.807, 2.05) is 0 Å². The van der Waals surface area contributed by atoms with E-state index in [1.165, 1.54) is 6.07 Å². The van der Waals surface area contributed by atoms with Crippen LogP contribution in [0.5, 0.6) is 0 Å². The summed E-state index contributed by atoms with van der Waals surface area (Å²) in [6.07, 6.45) is 1.34. The summed E-state index contributed by atoms with van der Waals surface area (Å²) in [5.74, 6) is -0.396. The highest BCUT2D eigenvalue weighted by molar-refractivity contribution is 7.92. The molecule has 0 amide bonds. The average Bonchev–Trinajstić information content (AvgIpc) is 2.16. The summed E-state index contributed by atoms with van der Waals surface area (Å²) in [6.45, 7) is 1.67. The third kappa shape index (κ3) is 3.06. The quantitative estimate of drug-likeness (QED) is 0.781. The largest absolute Gasteiger partial charge is 0.293 e. The Bertz CT molecular complexity index is 494. The Morgan fingerprint density at radius 2 is 2.06 bits per heavy atom. The van der Waals surface area contributed by atoms with Gasteiger partial charge < -0.3 is 0 Å². The number of Topliss-reactive ketones (excluding diaryl/α,β-unsaturated/α-hetero) is 1. The molecule has 1 aromatic carbocycles. The highest BCUT2D eigenvalue weighted by Gasteiger charge is 2.27. The minimum absolute atomic E-state index is 0.268. The van der Waals surface area contributed by atoms with Gasteiger partial charge in [0.15, 0.2) is 15.6 Å². The van der Waals surface area contributed by atoms with Crippen molar-refractivity contribution in [3.05, 3.63) is 34.9 Å². The average molecular weight is 261 g/mol. The van der Waals surface area contributed by atoms with E-state index in [4.69, 9.17) is 11.6 Å². The Hall–Kier alpha value is -0.870. The molecular formula is C11H13ClO3S. The number of carbonyl (C=O) groups is 1. The first-order chi connectivity index (χ1) is 7.36. The van der Waals surface area contributed by atoms with E-state index in [9.17, 15) is 13.2 Å². The van der Waals surface area contributed by atoms with Crippen LogP contribution in [-0.4, -0.2) is 25.7 Å². The number of carbonyl (C=O) groups excluding carboxylic acids is 1. The minimum Gasteiger partial charge on any atom is -0.293 e. The van der Waals surface area contributed by atoms with Crippen LogP contribution in [0, 0.1) is 0 Å². The predicted molar refractivity (Wildman–Crippen MR) is 64.7 cm³/mol. The normalized spacial score (nSPS) is 13.4. The van der Waals surface area contributed by atoms with Gasteiger partial charge in [0, 0.05) is 16.8 Å². The second-order valence-electron chi connectivity index (χ2n) is 3.60. The number of benzene rings is 1. The summed E-state index contributed by atoms with van der Waals surface area (Å²) in [7, 11) is -3.37. The van der Waals surface area contributed by atoms with Gasteiger partial charge in [0.2, 0.25) is 0 Å². The molecule has 0 saturated heterocycles. The van der Waals surface area contributed by atoms with Crippen LogP contribution >= 0.6 is 11.6 Å². The summed E-state index contributed by atoms with van der Waals surface area (Å²) in [5.41, 5.74) is 0.338. The molecule has 1 atom stereocenters. The molecule has 3 nitrogen and oxygen atoms in total. The molecule has 0 aliphatic heterocycles. The number of rotatable bonds is 4. The van der Waals surface area contributed by atoms with Crippen molar-refractivity contribution in [3.8, 4) is 0 Å². The third-order valence-electron chi connectivity index (χ3n) is 2.29. The van der Waals surface area contributed by atoms with E-state index >= 15 is 0 Å². The SMILES string of the molecule is CC[C@@H](C(=O)c1cccc(Cl)c1)S(C)(=O)=O. The molecule has 0 aliphatic carbocycles. The second-order valence-corrected chi connectivity index (χ2v) is 6.27. The Kier molecular flexibility index (Phi) is 4.10. The lowest BCUT2D eigenvalue weighted by Crippen LogP contribution is -2.28. The Labute approximate surface area is 100 Å². The summed E-state index contributed by atoms with van der Waals surface area (Å²) >= 11 is 5.75. The zero-order chi connectivity index (χ0) is 12.3. The van der Waals surface area contributed by atoms with Crippen molar-refractivity contribution in [2.24, 2.45) is 0 Å². The summed E-state index contributed by atoms with van der Waals surface area (Å²) < 4.78 is 22.8. The first kappa shape index (κ1) is 13.2. The molecule has 0 N–H and O–H groups in total. The van der Waals surface area contributed by atoms with Crippen LogP contribution in [0.1, 0.15) is 23.7 Å². The molecule has 1 rings (SSSR count). The first-order valence-corrected chi connectivity index (χ1v) is 7.18. The topological polar surface area (TPSA) is 51.2 Å². The summed E-state index contributed by atoms with van der Waals surface area (Å²) in [4.78, 5) is 11.9. The second kappa shape index (κ2) is 4.97. The molecule has 1 aromatic rings. The van der Waals surface area contributed by atoms with Crippen LogP contribution in [0.25, 0.3) is 0 Å². The van der Waals surface area contributed by atoms with Gasteiger partial charge in [-0.1, -0.05) is 30.7 Å². The fourth-order valence-electron chi connectivity index (χ4n) is 1.51. The molecule has 88 valence electrons. The molecule has 0 spiro atoms. The van der Waals surface area contributed by atoms with E-state index in [2.05, 4.69) is 0 Å². The van der Waals surface area contributed by atoms with Crippen molar-refractivity contribution in [3.63, 3.8) is 0 Å². The van der Waals surface area contributed by atoms with Crippen LogP contribution in [0.4, 0.5) is 0 Å². The molecule has 0 saturated carbocycles. The van der Waals surface area contributed by atoms with Gasteiger partial charge in [-0.05, 0) is 18.6 Å². The van der Waals surface area contributed by atoms with E-state index < -0.39 is 20.9 Å². The zero-order valence-corrected chi connectivity index (χ0v) is 10.7. The lowest BCUT2D eigenvalue weighted by Gasteiger charge is -2.11.